The van der Waals surface area contributed by atoms with Crippen molar-refractivity contribution in [2.24, 2.45) is 10.8 Å². The van der Waals surface area contributed by atoms with E-state index in [0.717, 1.165) is 38.2 Å². The van der Waals surface area contributed by atoms with Crippen LogP contribution < -0.4 is 11.2 Å². The van der Waals surface area contributed by atoms with E-state index < -0.39 is 6.03 Å². The summed E-state index contributed by atoms with van der Waals surface area (Å²) in [5, 5.41) is 3.92. The van der Waals surface area contributed by atoms with Gasteiger partial charge in [0.25, 0.3) is 0 Å². The number of amides is 2. The molecule has 2 amide bonds. The average Bonchev–Trinajstić information content (AvgIpc) is 2.15. The fourth-order valence-electron chi connectivity index (χ4n) is 1.37. The van der Waals surface area contributed by atoms with Gasteiger partial charge in [-0.05, 0) is 6.54 Å². The van der Waals surface area contributed by atoms with E-state index in [1.54, 1.807) is 0 Å². The van der Waals surface area contributed by atoms with Crippen molar-refractivity contribution in [2.45, 2.75) is 19.8 Å². The Morgan fingerprint density at radius 2 is 2.23 bits per heavy atom. The molecule has 0 radical (unpaired) electrons. The minimum Gasteiger partial charge on any atom is -0.350 e. The summed E-state index contributed by atoms with van der Waals surface area (Å²) in [5.41, 5.74) is 8.18. The van der Waals surface area contributed by atoms with Crippen LogP contribution in [0.4, 0.5) is 4.79 Å². The summed E-state index contributed by atoms with van der Waals surface area (Å²) in [6.45, 7) is 5.27. The summed E-state index contributed by atoms with van der Waals surface area (Å²) < 4.78 is 0. The zero-order valence-electron chi connectivity index (χ0n) is 7.92. The molecule has 0 atom stereocenters. The molecule has 0 aromatic heterocycles. The maximum Gasteiger partial charge on any atom is 0.332 e. The van der Waals surface area contributed by atoms with Crippen LogP contribution in [0.15, 0.2) is 5.10 Å². The van der Waals surface area contributed by atoms with E-state index in [9.17, 15) is 4.79 Å². The third kappa shape index (κ3) is 3.42. The number of likely N-dealkylation sites (tertiary alicyclic amines) is 1. The molecule has 0 aromatic rings. The first-order valence-electron chi connectivity index (χ1n) is 4.55. The van der Waals surface area contributed by atoms with Gasteiger partial charge in [0.1, 0.15) is 0 Å². The number of nitrogens with zero attached hydrogens (tertiary/aromatic N) is 2. The molecule has 1 saturated heterocycles. The molecule has 74 valence electrons. The number of nitrogens with one attached hydrogen (secondary N) is 1. The highest BCUT2D eigenvalue weighted by molar-refractivity contribution is 5.86. The van der Waals surface area contributed by atoms with Gasteiger partial charge in [-0.15, -0.1) is 0 Å². The fourth-order valence-corrected chi connectivity index (χ4v) is 1.37. The van der Waals surface area contributed by atoms with E-state index in [0.29, 0.717) is 0 Å². The predicted octanol–water partition coefficient (Wildman–Crippen LogP) is 0.126. The molecule has 0 saturated carbocycles. The van der Waals surface area contributed by atoms with Crippen LogP contribution in [0.2, 0.25) is 0 Å². The van der Waals surface area contributed by atoms with Gasteiger partial charge < -0.3 is 10.6 Å². The molecule has 5 nitrogen and oxygen atoms in total. The lowest BCUT2D eigenvalue weighted by Crippen LogP contribution is -2.35. The van der Waals surface area contributed by atoms with E-state index in [2.05, 4.69) is 22.4 Å². The van der Waals surface area contributed by atoms with E-state index in [1.165, 1.54) is 0 Å². The Balaban J connectivity index is 2.31. The molecule has 13 heavy (non-hydrogen) atoms. The third-order valence-electron chi connectivity index (χ3n) is 2.20. The second-order valence-corrected chi connectivity index (χ2v) is 3.09. The molecule has 0 aliphatic carbocycles. The van der Waals surface area contributed by atoms with Crippen molar-refractivity contribution in [1.29, 1.82) is 0 Å². The smallest absolute Gasteiger partial charge is 0.332 e. The molecule has 0 bridgehead atoms. The second kappa shape index (κ2) is 4.81. The van der Waals surface area contributed by atoms with Crippen LogP contribution in [0.25, 0.3) is 0 Å². The quantitative estimate of drug-likeness (QED) is 0.599. The van der Waals surface area contributed by atoms with Gasteiger partial charge in [0, 0.05) is 31.6 Å². The Hall–Kier alpha value is -1.10. The van der Waals surface area contributed by atoms with Crippen LogP contribution in [-0.4, -0.2) is 36.3 Å². The molecule has 0 unspecified atom stereocenters. The number of hydrogen-bond acceptors (Lipinski definition) is 3. The van der Waals surface area contributed by atoms with E-state index >= 15 is 0 Å². The number of rotatable bonds is 2. The highest BCUT2D eigenvalue weighted by Crippen LogP contribution is 2.05. The monoisotopic (exact) mass is 184 g/mol. The Morgan fingerprint density at radius 1 is 1.62 bits per heavy atom. The van der Waals surface area contributed by atoms with Crippen molar-refractivity contribution in [1.82, 2.24) is 10.3 Å². The summed E-state index contributed by atoms with van der Waals surface area (Å²) in [6.07, 6.45) is 1.85. The molecule has 1 aliphatic heterocycles. The summed E-state index contributed by atoms with van der Waals surface area (Å²) >= 11 is 0. The van der Waals surface area contributed by atoms with Gasteiger partial charge in [0.15, 0.2) is 0 Å². The molecule has 3 N–H and O–H groups in total. The van der Waals surface area contributed by atoms with E-state index in [1.807, 2.05) is 0 Å². The minimum absolute atomic E-state index is 0.592. The molecule has 1 rings (SSSR count). The summed E-state index contributed by atoms with van der Waals surface area (Å²) in [4.78, 5) is 12.7. The standard InChI is InChI=1S/C8H16N4O/c1-2-12-5-3-7(4-6-12)10-11-8(9)13/h2-6H2,1H3,(H3,9,11,13). The first-order valence-corrected chi connectivity index (χ1v) is 4.55. The van der Waals surface area contributed by atoms with Crippen LogP contribution in [-0.2, 0) is 0 Å². The molecule has 1 heterocycles. The lowest BCUT2D eigenvalue weighted by atomic mass is 10.1. The van der Waals surface area contributed by atoms with Crippen molar-refractivity contribution >= 4 is 11.7 Å². The second-order valence-electron chi connectivity index (χ2n) is 3.09. The maximum absolute atomic E-state index is 10.4. The van der Waals surface area contributed by atoms with Crippen molar-refractivity contribution < 1.29 is 4.79 Å². The molecule has 0 spiro atoms. The average molecular weight is 184 g/mol. The number of hydrazone groups is 1. The lowest BCUT2D eigenvalue weighted by molar-refractivity contribution is 0.249. The van der Waals surface area contributed by atoms with Crippen molar-refractivity contribution in [3.63, 3.8) is 0 Å². The fraction of sp³-hybridized carbons (Fsp3) is 0.750. The van der Waals surface area contributed by atoms with Crippen LogP contribution >= 0.6 is 0 Å². The number of hydrogen-bond donors (Lipinski definition) is 2. The zero-order chi connectivity index (χ0) is 9.68. The summed E-state index contributed by atoms with van der Waals surface area (Å²) in [7, 11) is 0. The van der Waals surface area contributed by atoms with Gasteiger partial charge >= 0.3 is 6.03 Å². The van der Waals surface area contributed by atoms with Gasteiger partial charge in [0.2, 0.25) is 0 Å². The SMILES string of the molecule is CCN1CCC(=NNC(N)=O)CC1. The Kier molecular flexibility index (Phi) is 3.70. The molecule has 1 aliphatic rings. The summed E-state index contributed by atoms with van der Waals surface area (Å²) in [6, 6.07) is -0.592. The topological polar surface area (TPSA) is 70.7 Å². The highest BCUT2D eigenvalue weighted by Gasteiger charge is 2.12. The third-order valence-corrected chi connectivity index (χ3v) is 2.20. The predicted molar refractivity (Wildman–Crippen MR) is 51.5 cm³/mol. The lowest BCUT2D eigenvalue weighted by Gasteiger charge is -2.25. The summed E-state index contributed by atoms with van der Waals surface area (Å²) in [5.74, 6) is 0. The molecular weight excluding hydrogens is 168 g/mol. The van der Waals surface area contributed by atoms with Gasteiger partial charge in [0.05, 0.1) is 0 Å². The van der Waals surface area contributed by atoms with Gasteiger partial charge in [-0.2, -0.15) is 5.10 Å². The molecular formula is C8H16N4O. The van der Waals surface area contributed by atoms with E-state index in [4.69, 9.17) is 5.73 Å². The highest BCUT2D eigenvalue weighted by atomic mass is 16.2. The van der Waals surface area contributed by atoms with Gasteiger partial charge in [-0.25, -0.2) is 10.2 Å². The van der Waals surface area contributed by atoms with Gasteiger partial charge in [-0.3, -0.25) is 0 Å². The van der Waals surface area contributed by atoms with Crippen LogP contribution in [0, 0.1) is 0 Å². The number of primary amides is 1. The van der Waals surface area contributed by atoms with Crippen LogP contribution in [0.3, 0.4) is 0 Å². The van der Waals surface area contributed by atoms with E-state index in [-0.39, 0.29) is 0 Å². The van der Waals surface area contributed by atoms with Crippen molar-refractivity contribution in [3.8, 4) is 0 Å². The normalized spacial score (nSPS) is 18.4. The largest absolute Gasteiger partial charge is 0.350 e. The maximum atomic E-state index is 10.4. The van der Waals surface area contributed by atoms with Crippen LogP contribution in [0.1, 0.15) is 19.8 Å². The van der Waals surface area contributed by atoms with Crippen molar-refractivity contribution in [3.05, 3.63) is 0 Å². The molecule has 5 heteroatoms. The Bertz CT molecular complexity index is 204. The number of urea groups is 1. The molecule has 0 aromatic carbocycles. The Morgan fingerprint density at radius 3 is 2.69 bits per heavy atom. The number of nitrogens with two attached hydrogens (primary N) is 1. The Labute approximate surface area is 78.0 Å². The first kappa shape index (κ1) is 9.98. The minimum atomic E-state index is -0.592. The van der Waals surface area contributed by atoms with Crippen LogP contribution in [0.5, 0.6) is 0 Å². The van der Waals surface area contributed by atoms with Gasteiger partial charge in [-0.1, -0.05) is 6.92 Å². The number of carbonyl (C=O) groups excluding carboxylic acids is 1. The zero-order valence-corrected chi connectivity index (χ0v) is 7.92. The molecule has 1 fully saturated rings. The number of piperidine rings is 1. The first-order chi connectivity index (χ1) is 6.22. The number of carbonyl (C=O) groups is 1. The van der Waals surface area contributed by atoms with Crippen molar-refractivity contribution in [2.75, 3.05) is 19.6 Å².